The van der Waals surface area contributed by atoms with E-state index in [1.54, 1.807) is 0 Å². The molecule has 0 aromatic rings. The fraction of sp³-hybridized carbons (Fsp3) is 0.750. The van der Waals surface area contributed by atoms with Crippen molar-refractivity contribution in [2.24, 2.45) is 5.92 Å². The van der Waals surface area contributed by atoms with Gasteiger partial charge in [0.05, 0.1) is 0 Å². The van der Waals surface area contributed by atoms with Crippen molar-refractivity contribution in [3.63, 3.8) is 0 Å². The summed E-state index contributed by atoms with van der Waals surface area (Å²) in [6.45, 7) is 7.65. The molecule has 1 saturated heterocycles. The van der Waals surface area contributed by atoms with E-state index in [9.17, 15) is 4.79 Å². The predicted octanol–water partition coefficient (Wildman–Crippen LogP) is 2.60. The molecule has 0 saturated carbocycles. The summed E-state index contributed by atoms with van der Waals surface area (Å²) in [5, 5.41) is 0. The molecule has 2 heteroatoms. The number of rotatable bonds is 4. The zero-order valence-corrected chi connectivity index (χ0v) is 9.17. The van der Waals surface area contributed by atoms with Crippen LogP contribution in [0.3, 0.4) is 0 Å². The van der Waals surface area contributed by atoms with Gasteiger partial charge in [0.25, 0.3) is 0 Å². The van der Waals surface area contributed by atoms with Crippen molar-refractivity contribution in [2.75, 3.05) is 13.1 Å². The first kappa shape index (κ1) is 11.3. The molecule has 80 valence electrons. The molecule has 1 heterocycles. The smallest absolute Gasteiger partial charge is 0.225 e. The van der Waals surface area contributed by atoms with Crippen molar-refractivity contribution in [2.45, 2.75) is 39.0 Å². The molecule has 1 fully saturated rings. The second-order valence-electron chi connectivity index (χ2n) is 4.15. The van der Waals surface area contributed by atoms with Gasteiger partial charge >= 0.3 is 0 Å². The van der Waals surface area contributed by atoms with Crippen LogP contribution in [0.4, 0.5) is 0 Å². The van der Waals surface area contributed by atoms with Crippen molar-refractivity contribution >= 4 is 5.91 Å². The summed E-state index contributed by atoms with van der Waals surface area (Å²) in [7, 11) is 0. The maximum absolute atomic E-state index is 11.9. The Morgan fingerprint density at radius 2 is 2.07 bits per heavy atom. The minimum Gasteiger partial charge on any atom is -0.342 e. The molecule has 0 radical (unpaired) electrons. The van der Waals surface area contributed by atoms with Gasteiger partial charge in [-0.2, -0.15) is 0 Å². The summed E-state index contributed by atoms with van der Waals surface area (Å²) in [5.41, 5.74) is 0. The Morgan fingerprint density at radius 1 is 1.43 bits per heavy atom. The topological polar surface area (TPSA) is 20.3 Å². The normalized spacial score (nSPS) is 19.1. The van der Waals surface area contributed by atoms with Gasteiger partial charge in [0.15, 0.2) is 0 Å². The molecule has 1 atom stereocenters. The molecular weight excluding hydrogens is 174 g/mol. The van der Waals surface area contributed by atoms with Gasteiger partial charge in [0.1, 0.15) is 0 Å². The Kier molecular flexibility index (Phi) is 4.71. The summed E-state index contributed by atoms with van der Waals surface area (Å²) in [4.78, 5) is 13.9. The third-order valence-electron chi connectivity index (χ3n) is 2.89. The Bertz CT molecular complexity index is 194. The zero-order valence-electron chi connectivity index (χ0n) is 9.17. The van der Waals surface area contributed by atoms with Crippen LogP contribution >= 0.6 is 0 Å². The lowest BCUT2D eigenvalue weighted by Gasteiger charge is -2.29. The van der Waals surface area contributed by atoms with Gasteiger partial charge in [-0.3, -0.25) is 4.79 Å². The van der Waals surface area contributed by atoms with Crippen LogP contribution in [0.15, 0.2) is 12.7 Å². The monoisotopic (exact) mass is 195 g/mol. The quantitative estimate of drug-likeness (QED) is 0.631. The first-order valence-corrected chi connectivity index (χ1v) is 5.65. The first-order chi connectivity index (χ1) is 6.75. The largest absolute Gasteiger partial charge is 0.342 e. The van der Waals surface area contributed by atoms with Gasteiger partial charge in [-0.05, 0) is 32.1 Å². The number of hydrogen-bond donors (Lipinski definition) is 0. The van der Waals surface area contributed by atoms with Gasteiger partial charge < -0.3 is 4.90 Å². The van der Waals surface area contributed by atoms with Crippen molar-refractivity contribution in [3.05, 3.63) is 12.7 Å². The average Bonchev–Trinajstić information content (AvgIpc) is 2.26. The van der Waals surface area contributed by atoms with Crippen LogP contribution < -0.4 is 0 Å². The summed E-state index contributed by atoms with van der Waals surface area (Å²) in [6, 6.07) is 0. The van der Waals surface area contributed by atoms with Crippen LogP contribution in [0.25, 0.3) is 0 Å². The number of piperidine rings is 1. The zero-order chi connectivity index (χ0) is 10.4. The molecule has 1 rings (SSSR count). The number of nitrogens with zero attached hydrogens (tertiary/aromatic N) is 1. The van der Waals surface area contributed by atoms with E-state index >= 15 is 0 Å². The first-order valence-electron chi connectivity index (χ1n) is 5.65. The Labute approximate surface area is 87.0 Å². The lowest BCUT2D eigenvalue weighted by molar-refractivity contribution is -0.136. The van der Waals surface area contributed by atoms with E-state index in [1.165, 1.54) is 19.3 Å². The van der Waals surface area contributed by atoms with Crippen molar-refractivity contribution in [1.82, 2.24) is 4.90 Å². The van der Waals surface area contributed by atoms with E-state index in [1.807, 2.05) is 17.9 Å². The minimum absolute atomic E-state index is 0.172. The molecule has 1 aliphatic rings. The molecule has 1 amide bonds. The average molecular weight is 195 g/mol. The van der Waals surface area contributed by atoms with Gasteiger partial charge in [-0.15, -0.1) is 6.58 Å². The van der Waals surface area contributed by atoms with E-state index in [0.29, 0.717) is 5.91 Å². The highest BCUT2D eigenvalue weighted by Gasteiger charge is 2.21. The second kappa shape index (κ2) is 5.84. The Hall–Kier alpha value is -0.790. The molecule has 0 bridgehead atoms. The van der Waals surface area contributed by atoms with E-state index < -0.39 is 0 Å². The third-order valence-corrected chi connectivity index (χ3v) is 2.89. The number of carbonyl (C=O) groups is 1. The maximum atomic E-state index is 11.9. The van der Waals surface area contributed by atoms with Gasteiger partial charge in [0.2, 0.25) is 5.91 Å². The van der Waals surface area contributed by atoms with E-state index in [2.05, 4.69) is 6.58 Å². The number of carbonyl (C=O) groups excluding carboxylic acids is 1. The highest BCUT2D eigenvalue weighted by Crippen LogP contribution is 2.15. The van der Waals surface area contributed by atoms with Crippen molar-refractivity contribution in [1.29, 1.82) is 0 Å². The molecule has 0 spiro atoms. The summed E-state index contributed by atoms with van der Waals surface area (Å²) >= 11 is 0. The van der Waals surface area contributed by atoms with Crippen molar-refractivity contribution in [3.8, 4) is 0 Å². The third kappa shape index (κ3) is 3.17. The number of amides is 1. The summed E-state index contributed by atoms with van der Waals surface area (Å²) in [6.07, 6.45) is 7.42. The predicted molar refractivity (Wildman–Crippen MR) is 59.0 cm³/mol. The molecule has 14 heavy (non-hydrogen) atoms. The molecule has 0 N–H and O–H groups in total. The van der Waals surface area contributed by atoms with E-state index in [0.717, 1.165) is 25.9 Å². The SMILES string of the molecule is C=CCCC(C)C(=O)N1CCCCC1. The van der Waals surface area contributed by atoms with Crippen LogP contribution in [0.1, 0.15) is 39.0 Å². The number of hydrogen-bond acceptors (Lipinski definition) is 1. The fourth-order valence-electron chi connectivity index (χ4n) is 1.92. The van der Waals surface area contributed by atoms with Crippen LogP contribution in [0, 0.1) is 5.92 Å². The second-order valence-corrected chi connectivity index (χ2v) is 4.15. The molecule has 2 nitrogen and oxygen atoms in total. The van der Waals surface area contributed by atoms with Crippen LogP contribution in [-0.4, -0.2) is 23.9 Å². The fourth-order valence-corrected chi connectivity index (χ4v) is 1.92. The molecular formula is C12H21NO. The molecule has 0 aromatic heterocycles. The van der Waals surface area contributed by atoms with Crippen LogP contribution in [-0.2, 0) is 4.79 Å². The molecule has 0 aromatic carbocycles. The molecule has 0 aliphatic carbocycles. The minimum atomic E-state index is 0.172. The Balaban J connectivity index is 2.34. The molecule has 1 unspecified atom stereocenters. The summed E-state index contributed by atoms with van der Waals surface area (Å²) in [5.74, 6) is 0.512. The van der Waals surface area contributed by atoms with Crippen LogP contribution in [0.2, 0.25) is 0 Å². The van der Waals surface area contributed by atoms with Gasteiger partial charge in [0, 0.05) is 19.0 Å². The maximum Gasteiger partial charge on any atom is 0.225 e. The van der Waals surface area contributed by atoms with E-state index in [-0.39, 0.29) is 5.92 Å². The van der Waals surface area contributed by atoms with Gasteiger partial charge in [-0.25, -0.2) is 0 Å². The molecule has 1 aliphatic heterocycles. The number of likely N-dealkylation sites (tertiary alicyclic amines) is 1. The highest BCUT2D eigenvalue weighted by atomic mass is 16.2. The van der Waals surface area contributed by atoms with Crippen molar-refractivity contribution < 1.29 is 4.79 Å². The summed E-state index contributed by atoms with van der Waals surface area (Å²) < 4.78 is 0. The van der Waals surface area contributed by atoms with E-state index in [4.69, 9.17) is 0 Å². The Morgan fingerprint density at radius 3 is 2.64 bits per heavy atom. The lowest BCUT2D eigenvalue weighted by atomic mass is 10.0. The standard InChI is InChI=1S/C12H21NO/c1-3-4-8-11(2)12(14)13-9-6-5-7-10-13/h3,11H,1,4-10H2,2H3. The highest BCUT2D eigenvalue weighted by molar-refractivity contribution is 5.78. The lowest BCUT2D eigenvalue weighted by Crippen LogP contribution is -2.38. The number of allylic oxidation sites excluding steroid dienone is 1. The van der Waals surface area contributed by atoms with Crippen LogP contribution in [0.5, 0.6) is 0 Å². The van der Waals surface area contributed by atoms with Gasteiger partial charge in [-0.1, -0.05) is 13.0 Å².